The molecule has 3 aromatic rings. The van der Waals surface area contributed by atoms with Crippen LogP contribution in [0.4, 0.5) is 5.69 Å². The van der Waals surface area contributed by atoms with Gasteiger partial charge in [-0.2, -0.15) is 0 Å². The highest BCUT2D eigenvalue weighted by molar-refractivity contribution is 6.06. The fraction of sp³-hybridized carbons (Fsp3) is 0.240. The lowest BCUT2D eigenvalue weighted by Crippen LogP contribution is -2.71. The first-order valence-electron chi connectivity index (χ1n) is 10.5. The lowest BCUT2D eigenvalue weighted by Gasteiger charge is -2.59. The molecule has 3 atom stereocenters. The average molecular weight is 413 g/mol. The van der Waals surface area contributed by atoms with E-state index in [2.05, 4.69) is 4.98 Å². The van der Waals surface area contributed by atoms with Gasteiger partial charge in [0.1, 0.15) is 5.69 Å². The molecule has 1 saturated heterocycles. The molecule has 0 spiro atoms. The molecule has 2 amide bonds. The van der Waals surface area contributed by atoms with Gasteiger partial charge in [0, 0.05) is 24.3 Å². The average Bonchev–Trinajstić information content (AvgIpc) is 2.80. The summed E-state index contributed by atoms with van der Waals surface area (Å²) in [5, 5.41) is 10.1. The Kier molecular flexibility index (Phi) is 5.00. The molecule has 1 aromatic heterocycles. The Labute approximate surface area is 180 Å². The summed E-state index contributed by atoms with van der Waals surface area (Å²) >= 11 is 0. The molecule has 0 unspecified atom stereocenters. The van der Waals surface area contributed by atoms with Crippen LogP contribution in [-0.2, 0) is 11.2 Å². The van der Waals surface area contributed by atoms with Crippen LogP contribution in [0.25, 0.3) is 0 Å². The highest BCUT2D eigenvalue weighted by Gasteiger charge is 2.55. The SMILES string of the molecule is O=C(c1ccccn1)N1C[C@@H]2[C@H](c3ccccc31)[C@@H](CO)N2C(=O)Cc1ccccc1. The van der Waals surface area contributed by atoms with Crippen molar-refractivity contribution in [1.29, 1.82) is 0 Å². The number of aliphatic hydroxyl groups is 1. The lowest BCUT2D eigenvalue weighted by atomic mass is 9.71. The normalized spacial score (nSPS) is 21.6. The van der Waals surface area contributed by atoms with Gasteiger partial charge in [-0.25, -0.2) is 0 Å². The third kappa shape index (κ3) is 3.29. The van der Waals surface area contributed by atoms with Gasteiger partial charge >= 0.3 is 0 Å². The quantitative estimate of drug-likeness (QED) is 0.714. The van der Waals surface area contributed by atoms with Crippen LogP contribution in [0.15, 0.2) is 79.0 Å². The largest absolute Gasteiger partial charge is 0.394 e. The fourth-order valence-electron chi connectivity index (χ4n) is 4.92. The first kappa shape index (κ1) is 19.5. The monoisotopic (exact) mass is 413 g/mol. The van der Waals surface area contributed by atoms with Gasteiger partial charge < -0.3 is 14.9 Å². The van der Waals surface area contributed by atoms with Crippen molar-refractivity contribution in [3.05, 3.63) is 95.8 Å². The van der Waals surface area contributed by atoms with Crippen molar-refractivity contribution in [3.63, 3.8) is 0 Å². The Hall–Kier alpha value is -3.51. The smallest absolute Gasteiger partial charge is 0.276 e. The zero-order chi connectivity index (χ0) is 21.4. The van der Waals surface area contributed by atoms with Crippen molar-refractivity contribution < 1.29 is 14.7 Å². The van der Waals surface area contributed by atoms with Crippen molar-refractivity contribution in [2.75, 3.05) is 18.1 Å². The number of para-hydroxylation sites is 1. The Morgan fingerprint density at radius 1 is 0.968 bits per heavy atom. The van der Waals surface area contributed by atoms with E-state index in [1.54, 1.807) is 34.2 Å². The van der Waals surface area contributed by atoms with Crippen LogP contribution in [0.1, 0.15) is 27.5 Å². The predicted molar refractivity (Wildman–Crippen MR) is 117 cm³/mol. The van der Waals surface area contributed by atoms with Gasteiger partial charge in [0.05, 0.1) is 25.1 Å². The summed E-state index contributed by atoms with van der Waals surface area (Å²) in [5.41, 5.74) is 3.13. The van der Waals surface area contributed by atoms with E-state index < -0.39 is 0 Å². The molecule has 0 radical (unpaired) electrons. The van der Waals surface area contributed by atoms with Crippen molar-refractivity contribution in [3.8, 4) is 0 Å². The number of fused-ring (bicyclic) bond motifs is 3. The number of anilines is 1. The number of aromatic nitrogens is 1. The summed E-state index contributed by atoms with van der Waals surface area (Å²) in [4.78, 5) is 34.2. The van der Waals surface area contributed by atoms with E-state index in [0.29, 0.717) is 12.2 Å². The molecule has 1 N–H and O–H groups in total. The number of hydrogen-bond acceptors (Lipinski definition) is 4. The molecule has 0 aliphatic carbocycles. The van der Waals surface area contributed by atoms with Crippen molar-refractivity contribution in [2.45, 2.75) is 24.4 Å². The van der Waals surface area contributed by atoms with Crippen LogP contribution >= 0.6 is 0 Å². The number of amides is 2. The Morgan fingerprint density at radius 2 is 1.71 bits per heavy atom. The molecule has 0 saturated carbocycles. The molecule has 2 aliphatic rings. The van der Waals surface area contributed by atoms with Crippen molar-refractivity contribution in [1.82, 2.24) is 9.88 Å². The van der Waals surface area contributed by atoms with E-state index >= 15 is 0 Å². The van der Waals surface area contributed by atoms with Crippen molar-refractivity contribution >= 4 is 17.5 Å². The van der Waals surface area contributed by atoms with E-state index in [0.717, 1.165) is 16.8 Å². The maximum absolute atomic E-state index is 13.3. The van der Waals surface area contributed by atoms with Gasteiger partial charge in [0.15, 0.2) is 0 Å². The molecule has 2 aliphatic heterocycles. The first-order valence-corrected chi connectivity index (χ1v) is 10.5. The minimum absolute atomic E-state index is 0.00806. The lowest BCUT2D eigenvalue weighted by molar-refractivity contribution is -0.149. The zero-order valence-electron chi connectivity index (χ0n) is 17.0. The number of carbonyl (C=O) groups is 2. The number of pyridine rings is 1. The highest BCUT2D eigenvalue weighted by Crippen LogP contribution is 2.48. The van der Waals surface area contributed by atoms with Gasteiger partial charge in [-0.3, -0.25) is 14.6 Å². The maximum atomic E-state index is 13.3. The summed E-state index contributed by atoms with van der Waals surface area (Å²) in [7, 11) is 0. The van der Waals surface area contributed by atoms with Crippen LogP contribution in [0.5, 0.6) is 0 Å². The number of hydrogen-bond donors (Lipinski definition) is 1. The highest BCUT2D eigenvalue weighted by atomic mass is 16.3. The Bertz CT molecular complexity index is 1100. The van der Waals surface area contributed by atoms with Gasteiger partial charge in [-0.15, -0.1) is 0 Å². The van der Waals surface area contributed by atoms with Crippen LogP contribution < -0.4 is 4.90 Å². The van der Waals surface area contributed by atoms with Gasteiger partial charge in [0.2, 0.25) is 5.91 Å². The number of aliphatic hydroxyl groups excluding tert-OH is 1. The summed E-state index contributed by atoms with van der Waals surface area (Å²) in [6.45, 7) is 0.276. The predicted octanol–water partition coefficient (Wildman–Crippen LogP) is 2.64. The van der Waals surface area contributed by atoms with E-state index in [4.69, 9.17) is 0 Å². The molecular formula is C25H23N3O3. The van der Waals surface area contributed by atoms with Crippen LogP contribution in [-0.4, -0.2) is 52.0 Å². The van der Waals surface area contributed by atoms with Crippen LogP contribution in [0.3, 0.4) is 0 Å². The second kappa shape index (κ2) is 7.96. The van der Waals surface area contributed by atoms with Crippen LogP contribution in [0, 0.1) is 0 Å². The van der Waals surface area contributed by atoms with Gasteiger partial charge in [0.25, 0.3) is 5.91 Å². The number of rotatable bonds is 4. The fourth-order valence-corrected chi connectivity index (χ4v) is 4.92. The summed E-state index contributed by atoms with van der Waals surface area (Å²) in [5.74, 6) is -0.209. The summed E-state index contributed by atoms with van der Waals surface area (Å²) in [6.07, 6.45) is 1.88. The first-order chi connectivity index (χ1) is 15.2. The second-order valence-electron chi connectivity index (χ2n) is 8.00. The van der Waals surface area contributed by atoms with Gasteiger partial charge in [-0.05, 0) is 29.3 Å². The third-order valence-electron chi connectivity index (χ3n) is 6.30. The van der Waals surface area contributed by atoms with E-state index in [1.807, 2.05) is 54.6 Å². The third-order valence-corrected chi connectivity index (χ3v) is 6.30. The number of likely N-dealkylation sites (tertiary alicyclic amines) is 1. The second-order valence-corrected chi connectivity index (χ2v) is 8.00. The zero-order valence-corrected chi connectivity index (χ0v) is 17.0. The van der Waals surface area contributed by atoms with E-state index in [1.165, 1.54) is 0 Å². The summed E-state index contributed by atoms with van der Waals surface area (Å²) in [6, 6.07) is 22.2. The van der Waals surface area contributed by atoms with E-state index in [9.17, 15) is 14.7 Å². The van der Waals surface area contributed by atoms with Crippen LogP contribution in [0.2, 0.25) is 0 Å². The van der Waals surface area contributed by atoms with E-state index in [-0.39, 0.29) is 42.8 Å². The molecule has 3 heterocycles. The standard InChI is InChI=1S/C25H23N3O3/c29-16-22-24-18-10-4-5-12-20(18)27(25(31)19-11-6-7-13-26-19)15-21(24)28(22)23(30)14-17-8-2-1-3-9-17/h1-13,21-22,24,29H,14-16H2/t21-,22-,24+/m1/s1. The Balaban J connectivity index is 1.47. The molecule has 0 bridgehead atoms. The minimum atomic E-state index is -0.283. The molecular weight excluding hydrogens is 390 g/mol. The topological polar surface area (TPSA) is 73.7 Å². The van der Waals surface area contributed by atoms with Gasteiger partial charge in [-0.1, -0.05) is 54.6 Å². The maximum Gasteiger partial charge on any atom is 0.276 e. The molecule has 5 rings (SSSR count). The van der Waals surface area contributed by atoms with Crippen molar-refractivity contribution in [2.24, 2.45) is 0 Å². The number of carbonyl (C=O) groups excluding carboxylic acids is 2. The number of nitrogens with zero attached hydrogens (tertiary/aromatic N) is 3. The molecule has 31 heavy (non-hydrogen) atoms. The molecule has 156 valence electrons. The number of benzene rings is 2. The molecule has 2 aromatic carbocycles. The molecule has 1 fully saturated rings. The molecule has 6 nitrogen and oxygen atoms in total. The summed E-state index contributed by atoms with van der Waals surface area (Å²) < 4.78 is 0. The molecule has 6 heteroatoms. The minimum Gasteiger partial charge on any atom is -0.394 e. The Morgan fingerprint density at radius 3 is 2.45 bits per heavy atom.